The Balaban J connectivity index is 2.67. The molecule has 0 N–H and O–H groups in total. The first-order valence-electron chi connectivity index (χ1n) is 5.31. The molecule has 16 heavy (non-hydrogen) atoms. The lowest BCUT2D eigenvalue weighted by atomic mass is 10.1. The zero-order chi connectivity index (χ0) is 11.7. The summed E-state index contributed by atoms with van der Waals surface area (Å²) in [6, 6.07) is 6.15. The molecule has 0 atom stereocenters. The van der Waals surface area contributed by atoms with E-state index in [2.05, 4.69) is 30.1 Å². The van der Waals surface area contributed by atoms with Crippen molar-refractivity contribution < 1.29 is 0 Å². The predicted octanol–water partition coefficient (Wildman–Crippen LogP) is 3.10. The molecule has 1 heterocycles. The van der Waals surface area contributed by atoms with Crippen LogP contribution in [0.4, 0.5) is 0 Å². The van der Waals surface area contributed by atoms with E-state index in [0.717, 1.165) is 17.9 Å². The van der Waals surface area contributed by atoms with Crippen molar-refractivity contribution in [3.63, 3.8) is 0 Å². The first kappa shape index (κ1) is 11.1. The minimum atomic E-state index is 0.422. The van der Waals surface area contributed by atoms with Crippen LogP contribution < -0.4 is 0 Å². The van der Waals surface area contributed by atoms with E-state index in [4.69, 9.17) is 11.6 Å². The van der Waals surface area contributed by atoms with E-state index < -0.39 is 0 Å². The third-order valence-electron chi connectivity index (χ3n) is 2.82. The molecule has 1 aromatic heterocycles. The van der Waals surface area contributed by atoms with Crippen molar-refractivity contribution in [3.8, 4) is 5.69 Å². The Labute approximate surface area is 100 Å². The van der Waals surface area contributed by atoms with Gasteiger partial charge in [-0.2, -0.15) is 0 Å². The van der Waals surface area contributed by atoms with Crippen LogP contribution >= 0.6 is 11.6 Å². The van der Waals surface area contributed by atoms with Crippen LogP contribution in [0.2, 0.25) is 5.28 Å². The summed E-state index contributed by atoms with van der Waals surface area (Å²) >= 11 is 6.07. The van der Waals surface area contributed by atoms with E-state index in [1.165, 1.54) is 11.1 Å². The van der Waals surface area contributed by atoms with Gasteiger partial charge in [-0.1, -0.05) is 19.1 Å². The molecular weight excluding hydrogens is 222 g/mol. The summed E-state index contributed by atoms with van der Waals surface area (Å²) in [6.07, 6.45) is 0.813. The fraction of sp³-hybridized carbons (Fsp3) is 0.333. The molecule has 84 valence electrons. The lowest BCUT2D eigenvalue weighted by Gasteiger charge is -2.11. The third-order valence-corrected chi connectivity index (χ3v) is 3.07. The number of hydrogen-bond acceptors (Lipinski definition) is 2. The maximum Gasteiger partial charge on any atom is 0.229 e. The molecule has 4 heteroatoms. The van der Waals surface area contributed by atoms with Crippen molar-refractivity contribution in [2.75, 3.05) is 0 Å². The lowest BCUT2D eigenvalue weighted by molar-refractivity contribution is 0.878. The van der Waals surface area contributed by atoms with Gasteiger partial charge in [0.1, 0.15) is 5.82 Å². The second-order valence-corrected chi connectivity index (χ2v) is 4.13. The Morgan fingerprint density at radius 1 is 1.25 bits per heavy atom. The maximum absolute atomic E-state index is 6.07. The molecule has 0 spiro atoms. The summed E-state index contributed by atoms with van der Waals surface area (Å²) < 4.78 is 1.91. The van der Waals surface area contributed by atoms with Crippen molar-refractivity contribution in [1.82, 2.24) is 14.8 Å². The number of benzene rings is 1. The largest absolute Gasteiger partial charge is 0.269 e. The number of nitrogens with zero attached hydrogens (tertiary/aromatic N) is 3. The Kier molecular flexibility index (Phi) is 2.97. The minimum Gasteiger partial charge on any atom is -0.269 e. The average Bonchev–Trinajstić information content (AvgIpc) is 2.64. The highest BCUT2D eigenvalue weighted by molar-refractivity contribution is 6.28. The standard InChI is InChI=1S/C12H14ClN3/c1-4-11-14-15-12(13)16(11)10-7-5-6-8(2)9(10)3/h5-7H,4H2,1-3H3. The topological polar surface area (TPSA) is 30.7 Å². The molecule has 2 rings (SSSR count). The second kappa shape index (κ2) is 4.26. The van der Waals surface area contributed by atoms with Crippen LogP contribution in [-0.2, 0) is 6.42 Å². The van der Waals surface area contributed by atoms with E-state index in [0.29, 0.717) is 5.28 Å². The van der Waals surface area contributed by atoms with Gasteiger partial charge in [0, 0.05) is 6.42 Å². The van der Waals surface area contributed by atoms with Crippen molar-refractivity contribution >= 4 is 11.6 Å². The molecular formula is C12H14ClN3. The van der Waals surface area contributed by atoms with E-state index >= 15 is 0 Å². The van der Waals surface area contributed by atoms with Crippen molar-refractivity contribution in [1.29, 1.82) is 0 Å². The molecule has 0 aliphatic rings. The summed E-state index contributed by atoms with van der Waals surface area (Å²) in [6.45, 7) is 6.21. The highest BCUT2D eigenvalue weighted by atomic mass is 35.5. The quantitative estimate of drug-likeness (QED) is 0.801. The molecule has 0 saturated carbocycles. The maximum atomic E-state index is 6.07. The van der Waals surface area contributed by atoms with E-state index in [9.17, 15) is 0 Å². The first-order chi connectivity index (χ1) is 7.65. The minimum absolute atomic E-state index is 0.422. The third kappa shape index (κ3) is 1.71. The number of aromatic nitrogens is 3. The summed E-state index contributed by atoms with van der Waals surface area (Å²) in [5, 5.41) is 8.40. The molecule has 0 fully saturated rings. The number of aryl methyl sites for hydroxylation is 2. The average molecular weight is 236 g/mol. The Bertz CT molecular complexity index is 517. The van der Waals surface area contributed by atoms with Crippen LogP contribution in [0.5, 0.6) is 0 Å². The number of hydrogen-bond donors (Lipinski definition) is 0. The molecule has 0 radical (unpaired) electrons. The van der Waals surface area contributed by atoms with Gasteiger partial charge >= 0.3 is 0 Å². The molecule has 1 aromatic carbocycles. The highest BCUT2D eigenvalue weighted by Crippen LogP contribution is 2.22. The lowest BCUT2D eigenvalue weighted by Crippen LogP contribution is -2.03. The van der Waals surface area contributed by atoms with E-state index in [1.54, 1.807) is 0 Å². The molecule has 3 nitrogen and oxygen atoms in total. The van der Waals surface area contributed by atoms with Crippen LogP contribution in [0.3, 0.4) is 0 Å². The number of halogens is 1. The molecule has 0 amide bonds. The smallest absolute Gasteiger partial charge is 0.229 e. The first-order valence-corrected chi connectivity index (χ1v) is 5.69. The fourth-order valence-corrected chi connectivity index (χ4v) is 1.97. The van der Waals surface area contributed by atoms with Gasteiger partial charge in [0.25, 0.3) is 0 Å². The van der Waals surface area contributed by atoms with Gasteiger partial charge in [0.15, 0.2) is 0 Å². The van der Waals surface area contributed by atoms with Gasteiger partial charge in [-0.25, -0.2) is 0 Å². The molecule has 0 bridgehead atoms. The molecule has 2 aromatic rings. The van der Waals surface area contributed by atoms with Gasteiger partial charge in [0.05, 0.1) is 5.69 Å². The van der Waals surface area contributed by atoms with Crippen LogP contribution in [0.1, 0.15) is 23.9 Å². The number of rotatable bonds is 2. The SMILES string of the molecule is CCc1nnc(Cl)n1-c1cccc(C)c1C. The highest BCUT2D eigenvalue weighted by Gasteiger charge is 2.12. The van der Waals surface area contributed by atoms with E-state index in [-0.39, 0.29) is 0 Å². The second-order valence-electron chi connectivity index (χ2n) is 3.79. The zero-order valence-electron chi connectivity index (χ0n) is 9.66. The molecule has 0 saturated heterocycles. The van der Waals surface area contributed by atoms with Gasteiger partial charge in [-0.15, -0.1) is 10.2 Å². The van der Waals surface area contributed by atoms with Gasteiger partial charge in [0.2, 0.25) is 5.28 Å². The molecule has 0 aliphatic heterocycles. The van der Waals surface area contributed by atoms with Gasteiger partial charge in [-0.05, 0) is 42.6 Å². The summed E-state index contributed by atoms with van der Waals surface area (Å²) in [5.41, 5.74) is 3.51. The summed E-state index contributed by atoms with van der Waals surface area (Å²) in [4.78, 5) is 0. The normalized spacial score (nSPS) is 10.8. The fourth-order valence-electron chi connectivity index (χ4n) is 1.74. The van der Waals surface area contributed by atoms with E-state index in [1.807, 2.05) is 23.6 Å². The molecule has 0 aliphatic carbocycles. The zero-order valence-corrected chi connectivity index (χ0v) is 10.4. The van der Waals surface area contributed by atoms with Crippen LogP contribution in [0.25, 0.3) is 5.69 Å². The monoisotopic (exact) mass is 235 g/mol. The Morgan fingerprint density at radius 3 is 2.69 bits per heavy atom. The predicted molar refractivity (Wildman–Crippen MR) is 65.2 cm³/mol. The van der Waals surface area contributed by atoms with Gasteiger partial charge in [-0.3, -0.25) is 4.57 Å². The Morgan fingerprint density at radius 2 is 2.00 bits per heavy atom. The van der Waals surface area contributed by atoms with Crippen LogP contribution in [0.15, 0.2) is 18.2 Å². The van der Waals surface area contributed by atoms with Crippen molar-refractivity contribution in [2.45, 2.75) is 27.2 Å². The summed E-state index contributed by atoms with van der Waals surface area (Å²) in [7, 11) is 0. The Hall–Kier alpha value is -1.35. The van der Waals surface area contributed by atoms with Crippen LogP contribution in [-0.4, -0.2) is 14.8 Å². The molecule has 0 unspecified atom stereocenters. The summed E-state index contributed by atoms with van der Waals surface area (Å²) in [5.74, 6) is 0.888. The van der Waals surface area contributed by atoms with Crippen molar-refractivity contribution in [3.05, 3.63) is 40.4 Å². The van der Waals surface area contributed by atoms with Crippen molar-refractivity contribution in [2.24, 2.45) is 0 Å². The van der Waals surface area contributed by atoms with Crippen LogP contribution in [0, 0.1) is 13.8 Å². The van der Waals surface area contributed by atoms with Gasteiger partial charge < -0.3 is 0 Å².